The maximum Gasteiger partial charge on any atom is 0.256 e. The van der Waals surface area contributed by atoms with Crippen molar-refractivity contribution >= 4 is 11.7 Å². The van der Waals surface area contributed by atoms with Crippen LogP contribution in [0.3, 0.4) is 0 Å². The van der Waals surface area contributed by atoms with Gasteiger partial charge in [0.05, 0.1) is 11.3 Å². The molecule has 0 unspecified atom stereocenters. The monoisotopic (exact) mass is 358 g/mol. The lowest BCUT2D eigenvalue weighted by atomic mass is 9.99. The zero-order chi connectivity index (χ0) is 19.0. The van der Waals surface area contributed by atoms with Crippen molar-refractivity contribution in [2.75, 3.05) is 6.54 Å². The molecule has 0 saturated carbocycles. The summed E-state index contributed by atoms with van der Waals surface area (Å²) in [7, 11) is 0. The van der Waals surface area contributed by atoms with Crippen LogP contribution in [0.15, 0.2) is 4.52 Å². The summed E-state index contributed by atoms with van der Waals surface area (Å²) < 4.78 is 5.47. The molecule has 7 heteroatoms. The van der Waals surface area contributed by atoms with Gasteiger partial charge in [-0.05, 0) is 38.7 Å². The fourth-order valence-corrected chi connectivity index (χ4v) is 3.61. The summed E-state index contributed by atoms with van der Waals surface area (Å²) in [6, 6.07) is -0.217. The maximum absolute atomic E-state index is 13.3. The average Bonchev–Trinajstić information content (AvgIpc) is 3.19. The van der Waals surface area contributed by atoms with Crippen LogP contribution >= 0.6 is 0 Å². The van der Waals surface area contributed by atoms with E-state index in [9.17, 15) is 9.59 Å². The fourth-order valence-electron chi connectivity index (χ4n) is 3.61. The molecule has 2 aromatic rings. The number of Topliss-reactive ketones (excluding diaryl/α,β-unsaturated/α-hetero) is 1. The smallest absolute Gasteiger partial charge is 0.256 e. The molecular formula is C19H26N4O3. The molecule has 0 spiro atoms. The van der Waals surface area contributed by atoms with Gasteiger partial charge in [-0.15, -0.1) is 0 Å². The fraction of sp³-hybridized carbons (Fsp3) is 0.579. The predicted octanol–water partition coefficient (Wildman–Crippen LogP) is 3.71. The average molecular weight is 358 g/mol. The van der Waals surface area contributed by atoms with Gasteiger partial charge in [-0.25, -0.2) is 0 Å². The van der Waals surface area contributed by atoms with Gasteiger partial charge in [0.25, 0.3) is 5.91 Å². The Balaban J connectivity index is 1.95. The summed E-state index contributed by atoms with van der Waals surface area (Å²) in [6.07, 6.45) is 2.75. The lowest BCUT2D eigenvalue weighted by molar-refractivity contribution is 0.0560. The van der Waals surface area contributed by atoms with E-state index in [0.29, 0.717) is 35.1 Å². The number of carbonyl (C=O) groups is 2. The first-order valence-electron chi connectivity index (χ1n) is 9.15. The standard InChI is InChI=1S/C19H26N4O3/c1-10(2)17-21-18(26-22-17)14-8-6-7-9-23(14)19(25)15-11(3)16(13(5)24)20-12(15)4/h10,14,20H,6-9H2,1-5H3/t14-/m0/s1. The van der Waals surface area contributed by atoms with Crippen LogP contribution in [0.4, 0.5) is 0 Å². The molecule has 1 saturated heterocycles. The number of carbonyl (C=O) groups excluding carboxylic acids is 2. The molecule has 1 amide bonds. The molecule has 2 aromatic heterocycles. The Morgan fingerprint density at radius 3 is 2.58 bits per heavy atom. The van der Waals surface area contributed by atoms with E-state index in [1.165, 1.54) is 6.92 Å². The molecule has 0 bridgehead atoms. The van der Waals surface area contributed by atoms with E-state index in [1.54, 1.807) is 0 Å². The first-order chi connectivity index (χ1) is 12.3. The molecule has 26 heavy (non-hydrogen) atoms. The van der Waals surface area contributed by atoms with Crippen molar-refractivity contribution in [3.8, 4) is 0 Å². The van der Waals surface area contributed by atoms with E-state index >= 15 is 0 Å². The third-order valence-electron chi connectivity index (χ3n) is 5.03. The van der Waals surface area contributed by atoms with Gasteiger partial charge in [-0.2, -0.15) is 4.98 Å². The van der Waals surface area contributed by atoms with Crippen LogP contribution in [0.25, 0.3) is 0 Å². The minimum Gasteiger partial charge on any atom is -0.355 e. The number of aromatic nitrogens is 3. The van der Waals surface area contributed by atoms with Gasteiger partial charge in [0.1, 0.15) is 6.04 Å². The summed E-state index contributed by atoms with van der Waals surface area (Å²) in [5.74, 6) is 1.17. The number of ketones is 1. The third-order valence-corrected chi connectivity index (χ3v) is 5.03. The van der Waals surface area contributed by atoms with Crippen molar-refractivity contribution in [1.29, 1.82) is 0 Å². The van der Waals surface area contributed by atoms with E-state index in [0.717, 1.165) is 25.0 Å². The zero-order valence-corrected chi connectivity index (χ0v) is 16.0. The number of nitrogens with one attached hydrogen (secondary N) is 1. The SMILES string of the molecule is CC(=O)c1[nH]c(C)c(C(=O)N2CCCC[C@H]2c2nc(C(C)C)no2)c1C. The summed E-state index contributed by atoms with van der Waals surface area (Å²) in [4.78, 5) is 34.5. The van der Waals surface area contributed by atoms with Crippen LogP contribution in [-0.2, 0) is 0 Å². The van der Waals surface area contributed by atoms with E-state index in [2.05, 4.69) is 15.1 Å². The molecular weight excluding hydrogens is 332 g/mol. The molecule has 7 nitrogen and oxygen atoms in total. The molecule has 1 fully saturated rings. The molecule has 1 atom stereocenters. The summed E-state index contributed by atoms with van der Waals surface area (Å²) in [6.45, 7) is 9.80. The van der Waals surface area contributed by atoms with Crippen LogP contribution in [0.2, 0.25) is 0 Å². The quantitative estimate of drug-likeness (QED) is 0.841. The van der Waals surface area contributed by atoms with Crippen LogP contribution in [-0.4, -0.2) is 38.3 Å². The van der Waals surface area contributed by atoms with Crippen LogP contribution in [0.1, 0.15) is 95.8 Å². The van der Waals surface area contributed by atoms with Crippen molar-refractivity contribution in [2.24, 2.45) is 0 Å². The second-order valence-corrected chi connectivity index (χ2v) is 7.34. The van der Waals surface area contributed by atoms with Crippen LogP contribution in [0, 0.1) is 13.8 Å². The highest BCUT2D eigenvalue weighted by Gasteiger charge is 2.35. The number of aromatic amines is 1. The first-order valence-corrected chi connectivity index (χ1v) is 9.15. The normalized spacial score (nSPS) is 17.8. The molecule has 0 radical (unpaired) electrons. The van der Waals surface area contributed by atoms with Gasteiger partial charge in [-0.3, -0.25) is 9.59 Å². The number of amides is 1. The van der Waals surface area contributed by atoms with Crippen LogP contribution in [0.5, 0.6) is 0 Å². The molecule has 1 aliphatic heterocycles. The molecule has 140 valence electrons. The Kier molecular flexibility index (Phi) is 4.98. The number of likely N-dealkylation sites (tertiary alicyclic amines) is 1. The summed E-state index contributed by atoms with van der Waals surface area (Å²) in [5, 5.41) is 4.04. The number of aryl methyl sites for hydroxylation is 1. The lowest BCUT2D eigenvalue weighted by Crippen LogP contribution is -2.39. The van der Waals surface area contributed by atoms with E-state index in [1.807, 2.05) is 32.6 Å². The number of rotatable bonds is 4. The number of H-pyrrole nitrogens is 1. The van der Waals surface area contributed by atoms with E-state index in [-0.39, 0.29) is 23.7 Å². The van der Waals surface area contributed by atoms with Gasteiger partial charge in [-0.1, -0.05) is 19.0 Å². The Morgan fingerprint density at radius 1 is 1.27 bits per heavy atom. The molecule has 1 N–H and O–H groups in total. The highest BCUT2D eigenvalue weighted by atomic mass is 16.5. The second-order valence-electron chi connectivity index (χ2n) is 7.34. The van der Waals surface area contributed by atoms with Gasteiger partial charge in [0.15, 0.2) is 11.6 Å². The second kappa shape index (κ2) is 7.05. The molecule has 3 rings (SSSR count). The van der Waals surface area contributed by atoms with E-state index in [4.69, 9.17) is 4.52 Å². The minimum atomic E-state index is -0.217. The number of hydrogen-bond donors (Lipinski definition) is 1. The Morgan fingerprint density at radius 2 is 2.00 bits per heavy atom. The number of nitrogens with zero attached hydrogens (tertiary/aromatic N) is 3. The van der Waals surface area contributed by atoms with E-state index < -0.39 is 0 Å². The number of piperidine rings is 1. The Labute approximate surface area is 153 Å². The lowest BCUT2D eigenvalue weighted by Gasteiger charge is -2.33. The topological polar surface area (TPSA) is 92.1 Å². The van der Waals surface area contributed by atoms with Crippen molar-refractivity contribution in [1.82, 2.24) is 20.0 Å². The maximum atomic E-state index is 13.3. The van der Waals surface area contributed by atoms with Gasteiger partial charge >= 0.3 is 0 Å². The van der Waals surface area contributed by atoms with Crippen LogP contribution < -0.4 is 0 Å². The molecule has 0 aliphatic carbocycles. The largest absolute Gasteiger partial charge is 0.355 e. The van der Waals surface area contributed by atoms with Crippen molar-refractivity contribution in [3.05, 3.63) is 34.2 Å². The summed E-state index contributed by atoms with van der Waals surface area (Å²) >= 11 is 0. The van der Waals surface area contributed by atoms with Gasteiger partial charge in [0.2, 0.25) is 5.89 Å². The molecule has 0 aromatic carbocycles. The molecule has 1 aliphatic rings. The molecule has 3 heterocycles. The highest BCUT2D eigenvalue weighted by Crippen LogP contribution is 2.33. The first kappa shape index (κ1) is 18.4. The minimum absolute atomic E-state index is 0.0710. The van der Waals surface area contributed by atoms with Crippen molar-refractivity contribution < 1.29 is 14.1 Å². The zero-order valence-electron chi connectivity index (χ0n) is 16.0. The Hall–Kier alpha value is -2.44. The Bertz CT molecular complexity index is 834. The third kappa shape index (κ3) is 3.18. The van der Waals surface area contributed by atoms with Gasteiger partial charge in [0, 0.05) is 25.1 Å². The van der Waals surface area contributed by atoms with Gasteiger partial charge < -0.3 is 14.4 Å². The van der Waals surface area contributed by atoms with Crippen molar-refractivity contribution in [3.63, 3.8) is 0 Å². The predicted molar refractivity (Wildman–Crippen MR) is 96.3 cm³/mol. The number of hydrogen-bond acceptors (Lipinski definition) is 5. The van der Waals surface area contributed by atoms with Crippen molar-refractivity contribution in [2.45, 2.75) is 65.8 Å². The summed E-state index contributed by atoms with van der Waals surface area (Å²) in [5.41, 5.74) is 2.50. The highest BCUT2D eigenvalue weighted by molar-refractivity contribution is 6.02.